The molecule has 1 nitrogen and oxygen atoms in total. The Morgan fingerprint density at radius 2 is 1.75 bits per heavy atom. The summed E-state index contributed by atoms with van der Waals surface area (Å²) < 4.78 is 53.6. The first kappa shape index (κ1) is 15.3. The maximum atomic E-state index is 13.6. The van der Waals surface area contributed by atoms with Crippen molar-refractivity contribution in [3.05, 3.63) is 35.4 Å². The molecule has 1 fully saturated rings. The molecule has 0 bridgehead atoms. The van der Waals surface area contributed by atoms with Crippen LogP contribution in [0.3, 0.4) is 0 Å². The zero-order valence-corrected chi connectivity index (χ0v) is 11.4. The van der Waals surface area contributed by atoms with Gasteiger partial charge in [-0.1, -0.05) is 6.07 Å². The summed E-state index contributed by atoms with van der Waals surface area (Å²) in [5.74, 6) is -3.71. The van der Waals surface area contributed by atoms with Gasteiger partial charge in [-0.05, 0) is 44.4 Å². The van der Waals surface area contributed by atoms with Crippen LogP contribution in [-0.2, 0) is 6.42 Å². The summed E-state index contributed by atoms with van der Waals surface area (Å²) in [6, 6.07) is 3.59. The first-order chi connectivity index (χ1) is 9.43. The predicted octanol–water partition coefficient (Wildman–Crippen LogP) is 3.92. The van der Waals surface area contributed by atoms with Crippen LogP contribution in [0.15, 0.2) is 18.2 Å². The van der Waals surface area contributed by atoms with Crippen LogP contribution in [-0.4, -0.2) is 19.0 Å². The molecule has 0 heterocycles. The lowest BCUT2D eigenvalue weighted by Crippen LogP contribution is -2.40. The number of halogens is 4. The van der Waals surface area contributed by atoms with Crippen LogP contribution in [0.2, 0.25) is 0 Å². The number of likely N-dealkylation sites (N-methyl/N-ethyl adjacent to an activating group) is 1. The lowest BCUT2D eigenvalue weighted by atomic mass is 9.80. The lowest BCUT2D eigenvalue weighted by Gasteiger charge is -2.33. The van der Waals surface area contributed by atoms with E-state index in [0.29, 0.717) is 12.8 Å². The Balaban J connectivity index is 2.06. The zero-order chi connectivity index (χ0) is 14.8. The molecule has 1 aliphatic rings. The summed E-state index contributed by atoms with van der Waals surface area (Å²) in [4.78, 5) is 0. The zero-order valence-electron chi connectivity index (χ0n) is 11.4. The smallest absolute Gasteiger partial charge is 0.248 e. The molecule has 1 aromatic rings. The molecule has 0 amide bonds. The van der Waals surface area contributed by atoms with Crippen molar-refractivity contribution in [1.29, 1.82) is 0 Å². The third-order valence-corrected chi connectivity index (χ3v) is 4.19. The van der Waals surface area contributed by atoms with E-state index in [2.05, 4.69) is 5.32 Å². The topological polar surface area (TPSA) is 12.0 Å². The van der Waals surface area contributed by atoms with Crippen LogP contribution in [0.1, 0.15) is 31.2 Å². The Labute approximate surface area is 116 Å². The molecule has 0 aromatic heterocycles. The monoisotopic (exact) mass is 289 g/mol. The number of hydrogen-bond donors (Lipinski definition) is 1. The third-order valence-electron chi connectivity index (χ3n) is 4.19. The van der Waals surface area contributed by atoms with Gasteiger partial charge in [0.2, 0.25) is 5.92 Å². The fourth-order valence-electron chi connectivity index (χ4n) is 2.92. The summed E-state index contributed by atoms with van der Waals surface area (Å²) >= 11 is 0. The van der Waals surface area contributed by atoms with Gasteiger partial charge in [0, 0.05) is 24.4 Å². The van der Waals surface area contributed by atoms with Crippen LogP contribution < -0.4 is 5.32 Å². The van der Waals surface area contributed by atoms with Gasteiger partial charge < -0.3 is 5.32 Å². The highest BCUT2D eigenvalue weighted by Crippen LogP contribution is 2.38. The molecule has 2 rings (SSSR count). The highest BCUT2D eigenvalue weighted by atomic mass is 19.3. The molecule has 1 aliphatic carbocycles. The van der Waals surface area contributed by atoms with E-state index in [9.17, 15) is 17.6 Å². The standard InChI is InChI=1S/C15H19F4N/c1-20-14(10-5-7-15(18,19)8-6-10)9-11-12(16)3-2-4-13(11)17/h2-4,10,14,20H,5-9H2,1H3. The van der Waals surface area contributed by atoms with Gasteiger partial charge in [-0.25, -0.2) is 17.6 Å². The summed E-state index contributed by atoms with van der Waals surface area (Å²) in [7, 11) is 1.70. The average molecular weight is 289 g/mol. The molecule has 1 N–H and O–H groups in total. The van der Waals surface area contributed by atoms with Crippen molar-refractivity contribution in [1.82, 2.24) is 5.32 Å². The second-order valence-electron chi connectivity index (χ2n) is 5.49. The fourth-order valence-corrected chi connectivity index (χ4v) is 2.92. The first-order valence-corrected chi connectivity index (χ1v) is 6.91. The highest BCUT2D eigenvalue weighted by molar-refractivity contribution is 5.21. The number of hydrogen-bond acceptors (Lipinski definition) is 1. The van der Waals surface area contributed by atoms with Crippen LogP contribution in [0.25, 0.3) is 0 Å². The van der Waals surface area contributed by atoms with Gasteiger partial charge >= 0.3 is 0 Å². The minimum Gasteiger partial charge on any atom is -0.316 e. The van der Waals surface area contributed by atoms with Crippen molar-refractivity contribution in [2.45, 2.75) is 44.1 Å². The number of nitrogens with one attached hydrogen (secondary N) is 1. The van der Waals surface area contributed by atoms with Gasteiger partial charge in [0.1, 0.15) is 11.6 Å². The normalized spacial score (nSPS) is 20.9. The summed E-state index contributed by atoms with van der Waals surface area (Å²) in [6.07, 6.45) is 0.666. The lowest BCUT2D eigenvalue weighted by molar-refractivity contribution is -0.0493. The molecule has 5 heteroatoms. The Morgan fingerprint density at radius 1 is 1.20 bits per heavy atom. The van der Waals surface area contributed by atoms with E-state index < -0.39 is 17.6 Å². The van der Waals surface area contributed by atoms with Gasteiger partial charge in [0.25, 0.3) is 0 Å². The summed E-state index contributed by atoms with van der Waals surface area (Å²) in [5, 5.41) is 3.02. The molecule has 112 valence electrons. The van der Waals surface area contributed by atoms with Crippen LogP contribution in [0, 0.1) is 17.6 Å². The van der Waals surface area contributed by atoms with E-state index in [-0.39, 0.29) is 36.8 Å². The van der Waals surface area contributed by atoms with Crippen molar-refractivity contribution in [3.8, 4) is 0 Å². The summed E-state index contributed by atoms with van der Waals surface area (Å²) in [6.45, 7) is 0. The van der Waals surface area contributed by atoms with Crippen molar-refractivity contribution < 1.29 is 17.6 Å². The van der Waals surface area contributed by atoms with Crippen LogP contribution in [0.4, 0.5) is 17.6 Å². The van der Waals surface area contributed by atoms with Crippen molar-refractivity contribution in [2.75, 3.05) is 7.05 Å². The largest absolute Gasteiger partial charge is 0.316 e. The molecule has 0 saturated heterocycles. The van der Waals surface area contributed by atoms with Gasteiger partial charge in [0.15, 0.2) is 0 Å². The molecule has 1 saturated carbocycles. The average Bonchev–Trinajstić information content (AvgIpc) is 2.39. The summed E-state index contributed by atoms with van der Waals surface area (Å²) in [5.41, 5.74) is 0.0317. The molecule has 0 radical (unpaired) electrons. The maximum Gasteiger partial charge on any atom is 0.248 e. The Hall–Kier alpha value is -1.10. The molecular weight excluding hydrogens is 270 g/mol. The molecular formula is C15H19F4N. The van der Waals surface area contributed by atoms with E-state index in [0.717, 1.165) is 0 Å². The quantitative estimate of drug-likeness (QED) is 0.828. The predicted molar refractivity (Wildman–Crippen MR) is 69.8 cm³/mol. The third kappa shape index (κ3) is 3.51. The fraction of sp³-hybridized carbons (Fsp3) is 0.600. The number of benzene rings is 1. The van der Waals surface area contributed by atoms with Gasteiger partial charge in [-0.3, -0.25) is 0 Å². The second-order valence-corrected chi connectivity index (χ2v) is 5.49. The van der Waals surface area contributed by atoms with E-state index >= 15 is 0 Å². The number of rotatable bonds is 4. The second kappa shape index (κ2) is 6.12. The Bertz CT molecular complexity index is 431. The Morgan fingerprint density at radius 3 is 2.25 bits per heavy atom. The van der Waals surface area contributed by atoms with E-state index in [4.69, 9.17) is 0 Å². The molecule has 1 unspecified atom stereocenters. The SMILES string of the molecule is CNC(Cc1c(F)cccc1F)C1CCC(F)(F)CC1. The minimum absolute atomic E-state index is 0.0265. The van der Waals surface area contributed by atoms with Crippen LogP contribution in [0.5, 0.6) is 0 Å². The van der Waals surface area contributed by atoms with E-state index in [1.807, 2.05) is 0 Å². The van der Waals surface area contributed by atoms with Crippen molar-refractivity contribution in [2.24, 2.45) is 5.92 Å². The molecule has 1 atom stereocenters. The van der Waals surface area contributed by atoms with Gasteiger partial charge in [-0.15, -0.1) is 0 Å². The first-order valence-electron chi connectivity index (χ1n) is 6.91. The van der Waals surface area contributed by atoms with Gasteiger partial charge in [0.05, 0.1) is 0 Å². The number of alkyl halides is 2. The highest BCUT2D eigenvalue weighted by Gasteiger charge is 2.37. The maximum absolute atomic E-state index is 13.6. The minimum atomic E-state index is -2.59. The Kier molecular flexibility index (Phi) is 4.68. The molecule has 1 aromatic carbocycles. The van der Waals surface area contributed by atoms with Crippen LogP contribution >= 0.6 is 0 Å². The van der Waals surface area contributed by atoms with E-state index in [1.165, 1.54) is 18.2 Å². The molecule has 20 heavy (non-hydrogen) atoms. The molecule has 0 spiro atoms. The van der Waals surface area contributed by atoms with Crippen molar-refractivity contribution in [3.63, 3.8) is 0 Å². The van der Waals surface area contributed by atoms with Crippen molar-refractivity contribution >= 4 is 0 Å². The molecule has 0 aliphatic heterocycles. The van der Waals surface area contributed by atoms with E-state index in [1.54, 1.807) is 7.05 Å². The van der Waals surface area contributed by atoms with Gasteiger partial charge in [-0.2, -0.15) is 0 Å².